The zero-order valence-electron chi connectivity index (χ0n) is 9.32. The Morgan fingerprint density at radius 2 is 1.88 bits per heavy atom. The third-order valence-corrected chi connectivity index (χ3v) is 3.69. The minimum absolute atomic E-state index is 0.150. The molecule has 0 amide bonds. The van der Waals surface area contributed by atoms with E-state index in [9.17, 15) is 0 Å². The van der Waals surface area contributed by atoms with E-state index in [0.717, 1.165) is 11.5 Å². The van der Waals surface area contributed by atoms with Gasteiger partial charge in [0.25, 0.3) is 0 Å². The number of fused-ring (bicyclic) bond motifs is 1. The van der Waals surface area contributed by atoms with Gasteiger partial charge in [-0.15, -0.1) is 0 Å². The highest BCUT2D eigenvalue weighted by atomic mass is 16.7. The van der Waals surface area contributed by atoms with Crippen LogP contribution in [-0.2, 0) is 0 Å². The van der Waals surface area contributed by atoms with Crippen LogP contribution in [0, 0.1) is 5.92 Å². The van der Waals surface area contributed by atoms with Crippen LogP contribution >= 0.6 is 0 Å². The summed E-state index contributed by atoms with van der Waals surface area (Å²) < 4.78 is 10.7. The third-order valence-electron chi connectivity index (χ3n) is 3.69. The summed E-state index contributed by atoms with van der Waals surface area (Å²) in [5.74, 6) is 2.31. The van der Waals surface area contributed by atoms with Crippen molar-refractivity contribution in [1.82, 2.24) is 0 Å². The molecule has 3 heteroatoms. The molecule has 3 rings (SSSR count). The van der Waals surface area contributed by atoms with Crippen LogP contribution in [0.15, 0.2) is 18.2 Å². The molecule has 16 heavy (non-hydrogen) atoms. The van der Waals surface area contributed by atoms with Crippen molar-refractivity contribution in [2.24, 2.45) is 11.7 Å². The molecule has 1 aromatic rings. The highest BCUT2D eigenvalue weighted by Gasteiger charge is 2.24. The van der Waals surface area contributed by atoms with Crippen LogP contribution in [0.3, 0.4) is 0 Å². The van der Waals surface area contributed by atoms with E-state index in [1.165, 1.54) is 31.2 Å². The van der Waals surface area contributed by atoms with Crippen molar-refractivity contribution < 1.29 is 9.47 Å². The van der Waals surface area contributed by atoms with Gasteiger partial charge < -0.3 is 15.2 Å². The lowest BCUT2D eigenvalue weighted by Crippen LogP contribution is -2.18. The first-order valence-corrected chi connectivity index (χ1v) is 6.00. The Labute approximate surface area is 95.5 Å². The summed E-state index contributed by atoms with van der Waals surface area (Å²) >= 11 is 0. The lowest BCUT2D eigenvalue weighted by Gasteiger charge is -2.19. The van der Waals surface area contributed by atoms with Crippen LogP contribution in [0.4, 0.5) is 0 Å². The minimum Gasteiger partial charge on any atom is -0.454 e. The summed E-state index contributed by atoms with van der Waals surface area (Å²) in [6.45, 7) is 0.331. The van der Waals surface area contributed by atoms with E-state index in [1.807, 2.05) is 12.1 Å². The maximum Gasteiger partial charge on any atom is 0.231 e. The third kappa shape index (κ3) is 1.65. The topological polar surface area (TPSA) is 44.5 Å². The molecule has 2 N–H and O–H groups in total. The SMILES string of the molecule is NC(c1ccc2c(c1)OCO2)C1CCCC1. The Balaban J connectivity index is 1.83. The summed E-state index contributed by atoms with van der Waals surface area (Å²) in [5, 5.41) is 0. The normalized spacial score (nSPS) is 21.3. The lowest BCUT2D eigenvalue weighted by molar-refractivity contribution is 0.174. The van der Waals surface area contributed by atoms with E-state index in [2.05, 4.69) is 6.07 Å². The van der Waals surface area contributed by atoms with Gasteiger partial charge in [0, 0.05) is 6.04 Å². The van der Waals surface area contributed by atoms with Crippen molar-refractivity contribution in [3.8, 4) is 11.5 Å². The fraction of sp³-hybridized carbons (Fsp3) is 0.538. The molecule has 3 nitrogen and oxygen atoms in total. The van der Waals surface area contributed by atoms with Crippen molar-refractivity contribution in [1.29, 1.82) is 0 Å². The molecule has 1 saturated carbocycles. The van der Waals surface area contributed by atoms with Gasteiger partial charge in [-0.05, 0) is 36.5 Å². The number of hydrogen-bond donors (Lipinski definition) is 1. The van der Waals surface area contributed by atoms with Crippen LogP contribution in [0.1, 0.15) is 37.3 Å². The van der Waals surface area contributed by atoms with Gasteiger partial charge in [-0.1, -0.05) is 18.9 Å². The van der Waals surface area contributed by atoms with E-state index in [1.54, 1.807) is 0 Å². The molecule has 1 atom stereocenters. The molecule has 1 fully saturated rings. The average molecular weight is 219 g/mol. The molecule has 86 valence electrons. The molecule has 1 aliphatic carbocycles. The molecule has 1 unspecified atom stereocenters. The number of ether oxygens (including phenoxy) is 2. The summed E-state index contributed by atoms with van der Waals surface area (Å²) in [6, 6.07) is 6.21. The second-order valence-electron chi connectivity index (χ2n) is 4.68. The van der Waals surface area contributed by atoms with E-state index in [4.69, 9.17) is 15.2 Å². The fourth-order valence-corrected chi connectivity index (χ4v) is 2.71. The second-order valence-corrected chi connectivity index (χ2v) is 4.68. The van der Waals surface area contributed by atoms with Crippen molar-refractivity contribution in [3.63, 3.8) is 0 Å². The molecular formula is C13H17NO2. The largest absolute Gasteiger partial charge is 0.454 e. The van der Waals surface area contributed by atoms with Crippen LogP contribution in [-0.4, -0.2) is 6.79 Å². The molecule has 0 radical (unpaired) electrons. The predicted molar refractivity (Wildman–Crippen MR) is 61.5 cm³/mol. The number of rotatable bonds is 2. The molecule has 1 heterocycles. The van der Waals surface area contributed by atoms with Gasteiger partial charge in [0.2, 0.25) is 6.79 Å². The Kier molecular flexibility index (Phi) is 2.48. The minimum atomic E-state index is 0.150. The van der Waals surface area contributed by atoms with Crippen molar-refractivity contribution >= 4 is 0 Å². The van der Waals surface area contributed by atoms with Gasteiger partial charge in [0.15, 0.2) is 11.5 Å². The molecule has 1 aromatic carbocycles. The van der Waals surface area contributed by atoms with Crippen LogP contribution < -0.4 is 15.2 Å². The standard InChI is InChI=1S/C13H17NO2/c14-13(9-3-1-2-4-9)10-5-6-11-12(7-10)16-8-15-11/h5-7,9,13H,1-4,8,14H2. The maximum absolute atomic E-state index is 6.30. The van der Waals surface area contributed by atoms with Crippen molar-refractivity contribution in [2.45, 2.75) is 31.7 Å². The average Bonchev–Trinajstić information content (AvgIpc) is 2.98. The molecule has 0 spiro atoms. The fourth-order valence-electron chi connectivity index (χ4n) is 2.71. The quantitative estimate of drug-likeness (QED) is 0.831. The summed E-state index contributed by atoms with van der Waals surface area (Å²) in [4.78, 5) is 0. The van der Waals surface area contributed by atoms with Gasteiger partial charge >= 0.3 is 0 Å². The molecule has 0 bridgehead atoms. The lowest BCUT2D eigenvalue weighted by atomic mass is 9.92. The first-order chi connectivity index (χ1) is 7.84. The zero-order valence-corrected chi connectivity index (χ0v) is 9.32. The maximum atomic E-state index is 6.30. The van der Waals surface area contributed by atoms with Crippen LogP contribution in [0.5, 0.6) is 11.5 Å². The Hall–Kier alpha value is -1.22. The first kappa shape index (κ1) is 9.97. The highest BCUT2D eigenvalue weighted by molar-refractivity contribution is 5.45. The molecular weight excluding hydrogens is 202 g/mol. The summed E-state index contributed by atoms with van der Waals surface area (Å²) in [6.07, 6.45) is 5.16. The molecule has 1 aliphatic heterocycles. The van der Waals surface area contributed by atoms with Crippen LogP contribution in [0.2, 0.25) is 0 Å². The molecule has 2 aliphatic rings. The smallest absolute Gasteiger partial charge is 0.231 e. The number of hydrogen-bond acceptors (Lipinski definition) is 3. The second kappa shape index (κ2) is 3.98. The highest BCUT2D eigenvalue weighted by Crippen LogP contribution is 2.38. The molecule has 0 aromatic heterocycles. The Bertz CT molecular complexity index is 386. The van der Waals surface area contributed by atoms with Crippen LogP contribution in [0.25, 0.3) is 0 Å². The Morgan fingerprint density at radius 3 is 2.69 bits per heavy atom. The van der Waals surface area contributed by atoms with Crippen molar-refractivity contribution in [2.75, 3.05) is 6.79 Å². The summed E-state index contributed by atoms with van der Waals surface area (Å²) in [5.41, 5.74) is 7.47. The van der Waals surface area contributed by atoms with E-state index < -0.39 is 0 Å². The first-order valence-electron chi connectivity index (χ1n) is 6.00. The monoisotopic (exact) mass is 219 g/mol. The van der Waals surface area contributed by atoms with Gasteiger partial charge in [-0.25, -0.2) is 0 Å². The van der Waals surface area contributed by atoms with E-state index in [0.29, 0.717) is 12.7 Å². The van der Waals surface area contributed by atoms with Gasteiger partial charge in [-0.3, -0.25) is 0 Å². The van der Waals surface area contributed by atoms with Crippen molar-refractivity contribution in [3.05, 3.63) is 23.8 Å². The Morgan fingerprint density at radius 1 is 1.12 bits per heavy atom. The van der Waals surface area contributed by atoms with Gasteiger partial charge in [0.05, 0.1) is 0 Å². The predicted octanol–water partition coefficient (Wildman–Crippen LogP) is 2.61. The number of benzene rings is 1. The molecule has 0 saturated heterocycles. The number of nitrogens with two attached hydrogens (primary N) is 1. The van der Waals surface area contributed by atoms with E-state index in [-0.39, 0.29) is 6.04 Å². The van der Waals surface area contributed by atoms with Gasteiger partial charge in [0.1, 0.15) is 0 Å². The summed E-state index contributed by atoms with van der Waals surface area (Å²) in [7, 11) is 0. The van der Waals surface area contributed by atoms with E-state index >= 15 is 0 Å². The van der Waals surface area contributed by atoms with Gasteiger partial charge in [-0.2, -0.15) is 0 Å². The zero-order chi connectivity index (χ0) is 11.0.